The van der Waals surface area contributed by atoms with Crippen LogP contribution in [-0.4, -0.2) is 106 Å². The molecule has 0 unspecified atom stereocenters. The van der Waals surface area contributed by atoms with E-state index in [1.165, 1.54) is 20.2 Å². The predicted molar refractivity (Wildman–Crippen MR) is 206 cm³/mol. The molecule has 312 valence electrons. The lowest BCUT2D eigenvalue weighted by molar-refractivity contribution is -0.163. The molecule has 3 N–H and O–H groups in total. The maximum absolute atomic E-state index is 17.5. The van der Waals surface area contributed by atoms with Crippen molar-refractivity contribution in [2.24, 2.45) is 17.8 Å². The molecule has 1 saturated heterocycles. The third kappa shape index (κ3) is 7.51. The standard InChI is InChI=1S/C40H53F2N5O9S/c1-8-25-19-24(4)11-9-10-12-27-21-39(27,35(50)45-57(53,54)37(5)16-17-37)44-32(48)31-40(41,42)38(6,22-46(31)34(49)30(25)47(23(2)3)36(51)52)56-33-29-14-13-28(55-7)20-26(29)15-18-43-33/h10,12-15,18,20,23-25,27,30-31H,8-9,11,16-17,19,21-22H2,1-7H3,(H,44,48)(H,45,50)(H,51,52)/b12-10-/t24-,25-,27-,30+,31+,38-,39-/m1/s1. The Hall–Kier alpha value is -4.54. The van der Waals surface area contributed by atoms with E-state index >= 15 is 13.6 Å². The fraction of sp³-hybridized carbons (Fsp3) is 0.625. The van der Waals surface area contributed by atoms with Crippen LogP contribution < -0.4 is 19.5 Å². The van der Waals surface area contributed by atoms with E-state index in [-0.39, 0.29) is 18.2 Å². The second-order valence-corrected chi connectivity index (χ2v) is 19.1. The molecule has 2 aromatic rings. The quantitative estimate of drug-likeness (QED) is 0.282. The summed E-state index contributed by atoms with van der Waals surface area (Å²) in [5.74, 6) is -8.80. The molecule has 14 nitrogen and oxygen atoms in total. The molecule has 17 heteroatoms. The minimum Gasteiger partial charge on any atom is -0.497 e. The molecule has 1 aromatic carbocycles. The molecule has 0 bridgehead atoms. The molecular formula is C40H53F2N5O9S. The Bertz CT molecular complexity index is 2080. The van der Waals surface area contributed by atoms with Crippen molar-refractivity contribution < 1.29 is 51.0 Å². The van der Waals surface area contributed by atoms with Gasteiger partial charge in [-0.05, 0) is 108 Å². The van der Waals surface area contributed by atoms with Crippen LogP contribution >= 0.6 is 0 Å². The number of benzene rings is 1. The highest BCUT2D eigenvalue weighted by atomic mass is 32.2. The maximum atomic E-state index is 17.5. The van der Waals surface area contributed by atoms with Gasteiger partial charge in [0.2, 0.25) is 27.7 Å². The highest BCUT2D eigenvalue weighted by molar-refractivity contribution is 7.91. The van der Waals surface area contributed by atoms with Gasteiger partial charge >= 0.3 is 12.0 Å². The van der Waals surface area contributed by atoms with Gasteiger partial charge < -0.3 is 24.8 Å². The lowest BCUT2D eigenvalue weighted by Gasteiger charge is -2.40. The third-order valence-electron chi connectivity index (χ3n) is 12.4. The lowest BCUT2D eigenvalue weighted by Crippen LogP contribution is -2.63. The van der Waals surface area contributed by atoms with E-state index in [9.17, 15) is 27.9 Å². The summed E-state index contributed by atoms with van der Waals surface area (Å²) in [5.41, 5.74) is -4.54. The van der Waals surface area contributed by atoms with Crippen molar-refractivity contribution in [2.45, 2.75) is 126 Å². The summed E-state index contributed by atoms with van der Waals surface area (Å²) in [6.45, 7) is 8.61. The molecule has 3 fully saturated rings. The topological polar surface area (TPSA) is 185 Å². The third-order valence-corrected chi connectivity index (χ3v) is 14.6. The number of rotatable bonds is 9. The monoisotopic (exact) mass is 817 g/mol. The summed E-state index contributed by atoms with van der Waals surface area (Å²) in [5, 5.41) is 13.9. The molecule has 4 aliphatic rings. The molecule has 2 saturated carbocycles. The predicted octanol–water partition coefficient (Wildman–Crippen LogP) is 5.26. The van der Waals surface area contributed by atoms with E-state index in [2.05, 4.69) is 15.0 Å². The highest BCUT2D eigenvalue weighted by Gasteiger charge is 2.72. The van der Waals surface area contributed by atoms with Crippen molar-refractivity contribution >= 4 is 44.6 Å². The Balaban J connectivity index is 1.48. The van der Waals surface area contributed by atoms with Gasteiger partial charge in [0.15, 0.2) is 11.6 Å². The van der Waals surface area contributed by atoms with Crippen LogP contribution in [0.5, 0.6) is 11.6 Å². The van der Waals surface area contributed by atoms with Crippen LogP contribution in [0.25, 0.3) is 10.8 Å². The van der Waals surface area contributed by atoms with Gasteiger partial charge in [0.25, 0.3) is 5.91 Å². The number of nitrogens with one attached hydrogen (secondary N) is 2. The molecule has 2 aliphatic carbocycles. The molecular weight excluding hydrogens is 765 g/mol. The Morgan fingerprint density at radius 2 is 1.88 bits per heavy atom. The van der Waals surface area contributed by atoms with Crippen LogP contribution in [0.2, 0.25) is 0 Å². The largest absolute Gasteiger partial charge is 0.497 e. The Labute approximate surface area is 331 Å². The van der Waals surface area contributed by atoms with Crippen molar-refractivity contribution in [3.05, 3.63) is 42.6 Å². The van der Waals surface area contributed by atoms with E-state index in [0.717, 1.165) is 11.8 Å². The number of carbonyl (C=O) groups is 4. The van der Waals surface area contributed by atoms with Crippen LogP contribution in [0, 0.1) is 17.8 Å². The fourth-order valence-corrected chi connectivity index (χ4v) is 9.70. The summed E-state index contributed by atoms with van der Waals surface area (Å²) in [6.07, 6.45) is 5.85. The second-order valence-electron chi connectivity index (χ2n) is 16.9. The number of pyridine rings is 1. The summed E-state index contributed by atoms with van der Waals surface area (Å²) in [4.78, 5) is 62.5. The first kappa shape index (κ1) is 42.1. The second kappa shape index (κ2) is 15.0. The zero-order chi connectivity index (χ0) is 41.9. The van der Waals surface area contributed by atoms with Gasteiger partial charge in [-0.25, -0.2) is 18.2 Å². The number of ether oxygens (including phenoxy) is 2. The van der Waals surface area contributed by atoms with E-state index in [4.69, 9.17) is 9.47 Å². The van der Waals surface area contributed by atoms with E-state index in [0.29, 0.717) is 59.9 Å². The van der Waals surface area contributed by atoms with Gasteiger partial charge in [-0.3, -0.25) is 24.0 Å². The Morgan fingerprint density at radius 1 is 1.18 bits per heavy atom. The molecule has 0 radical (unpaired) electrons. The van der Waals surface area contributed by atoms with Crippen LogP contribution in [0.3, 0.4) is 0 Å². The first-order valence-electron chi connectivity index (χ1n) is 19.5. The number of carboxylic acid groups (broad SMARTS) is 1. The minimum atomic E-state index is -4.19. The van der Waals surface area contributed by atoms with Crippen LogP contribution in [-0.2, 0) is 24.4 Å². The SMILES string of the molecule is CC[C@@H]1C[C@H](C)CC/C=C\[C@@H]2C[C@@]2(C(=O)NS(=O)(=O)C2(C)CC2)NC(=O)[C@@H]2N(C[C@@](C)(Oc3nccc4cc(OC)ccc34)C2(F)F)C(=O)[C@H]1N(C(=O)O)C(C)C. The number of hydrogen-bond donors (Lipinski definition) is 3. The van der Waals surface area contributed by atoms with Crippen molar-refractivity contribution in [3.63, 3.8) is 0 Å². The fourth-order valence-electron chi connectivity index (χ4n) is 8.39. The van der Waals surface area contributed by atoms with Gasteiger partial charge in [-0.1, -0.05) is 32.4 Å². The number of sulfonamides is 1. The highest BCUT2D eigenvalue weighted by Crippen LogP contribution is 2.50. The number of fused-ring (bicyclic) bond motifs is 3. The van der Waals surface area contributed by atoms with E-state index < -0.39 is 92.2 Å². The van der Waals surface area contributed by atoms with Crippen LogP contribution in [0.1, 0.15) is 86.5 Å². The molecule has 57 heavy (non-hydrogen) atoms. The van der Waals surface area contributed by atoms with E-state index in [1.54, 1.807) is 51.1 Å². The average Bonchev–Trinajstić information content (AvgIpc) is 4.04. The van der Waals surface area contributed by atoms with Gasteiger partial charge in [-0.15, -0.1) is 0 Å². The van der Waals surface area contributed by atoms with Gasteiger partial charge in [0, 0.05) is 23.5 Å². The molecule has 4 amide bonds. The number of allylic oxidation sites excluding steroid dienone is 1. The van der Waals surface area contributed by atoms with Crippen LogP contribution in [0.15, 0.2) is 42.6 Å². The summed E-state index contributed by atoms with van der Waals surface area (Å²) in [7, 11) is -2.71. The smallest absolute Gasteiger partial charge is 0.408 e. The zero-order valence-corrected chi connectivity index (χ0v) is 34.2. The van der Waals surface area contributed by atoms with Gasteiger partial charge in [-0.2, -0.15) is 8.78 Å². The number of aromatic nitrogens is 1. The number of amides is 4. The molecule has 0 spiro atoms. The minimum absolute atomic E-state index is 0.0419. The average molecular weight is 818 g/mol. The first-order valence-corrected chi connectivity index (χ1v) is 21.0. The number of nitrogens with zero attached hydrogens (tertiary/aromatic N) is 3. The number of alkyl halides is 2. The van der Waals surface area contributed by atoms with Crippen molar-refractivity contribution in [1.29, 1.82) is 0 Å². The van der Waals surface area contributed by atoms with E-state index in [1.807, 2.05) is 13.0 Å². The first-order chi connectivity index (χ1) is 26.6. The van der Waals surface area contributed by atoms with Crippen molar-refractivity contribution in [2.75, 3.05) is 13.7 Å². The van der Waals surface area contributed by atoms with Crippen molar-refractivity contribution in [3.8, 4) is 11.6 Å². The Kier molecular flexibility index (Phi) is 11.1. The summed E-state index contributed by atoms with van der Waals surface area (Å²) < 4.78 is 73.8. The number of carbonyl (C=O) groups excluding carboxylic acids is 3. The summed E-state index contributed by atoms with van der Waals surface area (Å²) >= 11 is 0. The Morgan fingerprint density at radius 3 is 2.49 bits per heavy atom. The number of halogens is 2. The zero-order valence-electron chi connectivity index (χ0n) is 33.4. The van der Waals surface area contributed by atoms with Crippen molar-refractivity contribution in [1.82, 2.24) is 24.8 Å². The number of hydrogen-bond acceptors (Lipinski definition) is 9. The molecule has 3 heterocycles. The van der Waals surface area contributed by atoms with Crippen LogP contribution in [0.4, 0.5) is 13.6 Å². The van der Waals surface area contributed by atoms with Gasteiger partial charge in [0.05, 0.1) is 18.4 Å². The normalized spacial score (nSPS) is 31.5. The van der Waals surface area contributed by atoms with Gasteiger partial charge in [0.1, 0.15) is 17.3 Å². The maximum Gasteiger partial charge on any atom is 0.408 e. The lowest BCUT2D eigenvalue weighted by atomic mass is 9.83. The number of methoxy groups -OCH3 is 1. The molecule has 7 atom stereocenters. The molecule has 6 rings (SSSR count). The summed E-state index contributed by atoms with van der Waals surface area (Å²) in [6, 6.07) is 1.65. The molecule has 1 aromatic heterocycles. The molecule has 2 aliphatic heterocycles.